The van der Waals surface area contributed by atoms with Crippen LogP contribution in [0, 0.1) is 13.8 Å². The van der Waals surface area contributed by atoms with E-state index in [9.17, 15) is 9.59 Å². The van der Waals surface area contributed by atoms with E-state index in [0.29, 0.717) is 38.5 Å². The van der Waals surface area contributed by atoms with E-state index in [-0.39, 0.29) is 12.0 Å². The van der Waals surface area contributed by atoms with Crippen LogP contribution in [0.3, 0.4) is 0 Å². The lowest BCUT2D eigenvalue weighted by atomic mass is 10.1. The number of carbonyl (C=O) groups excluding carboxylic acids is 2. The first-order valence-electron chi connectivity index (χ1n) is 8.36. The van der Waals surface area contributed by atoms with Gasteiger partial charge in [-0.15, -0.1) is 0 Å². The molecule has 2 rings (SSSR count). The van der Waals surface area contributed by atoms with Gasteiger partial charge in [0.1, 0.15) is 5.75 Å². The van der Waals surface area contributed by atoms with Crippen molar-refractivity contribution in [3.63, 3.8) is 0 Å². The van der Waals surface area contributed by atoms with Gasteiger partial charge >= 0.3 is 6.09 Å². The van der Waals surface area contributed by atoms with Gasteiger partial charge < -0.3 is 19.3 Å². The number of ether oxygens (including phenoxy) is 2. The molecule has 6 heteroatoms. The summed E-state index contributed by atoms with van der Waals surface area (Å²) in [6, 6.07) is 5.81. The van der Waals surface area contributed by atoms with E-state index in [1.54, 1.807) is 23.6 Å². The zero-order valence-corrected chi connectivity index (χ0v) is 14.9. The molecule has 0 N–H and O–H groups in total. The molecule has 1 fully saturated rings. The van der Waals surface area contributed by atoms with E-state index in [1.807, 2.05) is 32.0 Å². The fourth-order valence-corrected chi connectivity index (χ4v) is 2.62. The highest BCUT2D eigenvalue weighted by Crippen LogP contribution is 2.18. The Morgan fingerprint density at radius 2 is 1.71 bits per heavy atom. The first-order chi connectivity index (χ1) is 11.4. The van der Waals surface area contributed by atoms with Crippen molar-refractivity contribution in [2.24, 2.45) is 0 Å². The van der Waals surface area contributed by atoms with Crippen LogP contribution in [0.2, 0.25) is 0 Å². The zero-order chi connectivity index (χ0) is 17.7. The summed E-state index contributed by atoms with van der Waals surface area (Å²) >= 11 is 0. The minimum absolute atomic E-state index is 0.0586. The summed E-state index contributed by atoms with van der Waals surface area (Å²) in [6.07, 6.45) is -0.870. The van der Waals surface area contributed by atoms with E-state index < -0.39 is 6.10 Å². The number of carbonyl (C=O) groups is 2. The highest BCUT2D eigenvalue weighted by atomic mass is 16.6. The van der Waals surface area contributed by atoms with Crippen LogP contribution >= 0.6 is 0 Å². The second-order valence-electron chi connectivity index (χ2n) is 6.02. The van der Waals surface area contributed by atoms with Gasteiger partial charge in [-0.3, -0.25) is 4.79 Å². The van der Waals surface area contributed by atoms with Gasteiger partial charge in [0.2, 0.25) is 0 Å². The maximum absolute atomic E-state index is 12.5. The molecule has 0 radical (unpaired) electrons. The lowest BCUT2D eigenvalue weighted by molar-refractivity contribution is -0.139. The normalized spacial score (nSPS) is 15.8. The van der Waals surface area contributed by atoms with Crippen molar-refractivity contribution in [3.05, 3.63) is 29.3 Å². The summed E-state index contributed by atoms with van der Waals surface area (Å²) in [5.74, 6) is 0.640. The molecule has 1 saturated heterocycles. The predicted molar refractivity (Wildman–Crippen MR) is 91.2 cm³/mol. The summed E-state index contributed by atoms with van der Waals surface area (Å²) in [5, 5.41) is 0. The molecule has 0 saturated carbocycles. The second-order valence-corrected chi connectivity index (χ2v) is 6.02. The molecule has 0 spiro atoms. The number of nitrogens with zero attached hydrogens (tertiary/aromatic N) is 2. The number of aryl methyl sites for hydroxylation is 2. The summed E-state index contributed by atoms with van der Waals surface area (Å²) in [4.78, 5) is 27.6. The molecule has 0 bridgehead atoms. The smallest absolute Gasteiger partial charge is 0.409 e. The van der Waals surface area contributed by atoms with Gasteiger partial charge in [-0.2, -0.15) is 0 Å². The zero-order valence-electron chi connectivity index (χ0n) is 14.9. The van der Waals surface area contributed by atoms with E-state index in [1.165, 1.54) is 5.56 Å². The molecule has 24 heavy (non-hydrogen) atoms. The van der Waals surface area contributed by atoms with Crippen molar-refractivity contribution in [2.75, 3.05) is 32.8 Å². The molecule has 1 aromatic rings. The Hall–Kier alpha value is -2.24. The van der Waals surface area contributed by atoms with Gasteiger partial charge in [0.05, 0.1) is 6.61 Å². The highest BCUT2D eigenvalue weighted by molar-refractivity contribution is 5.81. The molecule has 1 aliphatic rings. The number of piperazine rings is 1. The molecule has 1 heterocycles. The van der Waals surface area contributed by atoms with E-state index in [4.69, 9.17) is 9.47 Å². The van der Waals surface area contributed by atoms with Crippen LogP contribution in [0.15, 0.2) is 18.2 Å². The molecule has 2 amide bonds. The van der Waals surface area contributed by atoms with E-state index in [0.717, 1.165) is 5.56 Å². The Labute approximate surface area is 143 Å². The maximum atomic E-state index is 12.5. The van der Waals surface area contributed by atoms with E-state index >= 15 is 0 Å². The van der Waals surface area contributed by atoms with Crippen molar-refractivity contribution < 1.29 is 19.1 Å². The van der Waals surface area contributed by atoms with Gasteiger partial charge in [0.25, 0.3) is 5.91 Å². The average molecular weight is 334 g/mol. The number of benzene rings is 1. The topological polar surface area (TPSA) is 59.1 Å². The molecule has 6 nitrogen and oxygen atoms in total. The van der Waals surface area contributed by atoms with Crippen LogP contribution in [0.4, 0.5) is 4.79 Å². The summed E-state index contributed by atoms with van der Waals surface area (Å²) < 4.78 is 10.8. The lowest BCUT2D eigenvalue weighted by Gasteiger charge is -2.35. The number of amides is 2. The second kappa shape index (κ2) is 8.04. The predicted octanol–water partition coefficient (Wildman–Crippen LogP) is 2.37. The molecule has 0 aliphatic carbocycles. The Morgan fingerprint density at radius 3 is 2.29 bits per heavy atom. The molecular weight excluding hydrogens is 308 g/mol. The van der Waals surface area contributed by atoms with Gasteiger partial charge in [-0.05, 0) is 51.0 Å². The summed E-state index contributed by atoms with van der Waals surface area (Å²) in [6.45, 7) is 9.93. The number of hydrogen-bond donors (Lipinski definition) is 0. The van der Waals surface area contributed by atoms with Crippen molar-refractivity contribution in [3.8, 4) is 5.75 Å². The fraction of sp³-hybridized carbons (Fsp3) is 0.556. The van der Waals surface area contributed by atoms with Gasteiger partial charge in [-0.25, -0.2) is 4.79 Å². The van der Waals surface area contributed by atoms with Gasteiger partial charge in [0, 0.05) is 26.2 Å². The third-order valence-corrected chi connectivity index (χ3v) is 4.26. The minimum atomic E-state index is -0.554. The molecule has 0 unspecified atom stereocenters. The largest absolute Gasteiger partial charge is 0.481 e. The van der Waals surface area contributed by atoms with Crippen LogP contribution < -0.4 is 4.74 Å². The van der Waals surface area contributed by atoms with Crippen molar-refractivity contribution in [1.82, 2.24) is 9.80 Å². The number of rotatable bonds is 4. The first kappa shape index (κ1) is 18.1. The van der Waals surface area contributed by atoms with Crippen LogP contribution in [0.5, 0.6) is 5.75 Å². The molecule has 132 valence electrons. The molecule has 1 atom stereocenters. The minimum Gasteiger partial charge on any atom is -0.481 e. The Bertz CT molecular complexity index is 595. The molecule has 0 aromatic heterocycles. The maximum Gasteiger partial charge on any atom is 0.409 e. The molecule has 1 aliphatic heterocycles. The van der Waals surface area contributed by atoms with Crippen LogP contribution in [0.25, 0.3) is 0 Å². The Balaban J connectivity index is 1.87. The third-order valence-electron chi connectivity index (χ3n) is 4.26. The Morgan fingerprint density at radius 1 is 1.08 bits per heavy atom. The van der Waals surface area contributed by atoms with Crippen LogP contribution in [-0.2, 0) is 9.53 Å². The van der Waals surface area contributed by atoms with Crippen molar-refractivity contribution in [1.29, 1.82) is 0 Å². The quantitative estimate of drug-likeness (QED) is 0.848. The van der Waals surface area contributed by atoms with Gasteiger partial charge in [0.15, 0.2) is 6.10 Å². The monoisotopic (exact) mass is 334 g/mol. The average Bonchev–Trinajstić information content (AvgIpc) is 2.58. The number of hydrogen-bond acceptors (Lipinski definition) is 4. The van der Waals surface area contributed by atoms with Crippen molar-refractivity contribution >= 4 is 12.0 Å². The molecular formula is C18H26N2O4. The van der Waals surface area contributed by atoms with Crippen molar-refractivity contribution in [2.45, 2.75) is 33.8 Å². The van der Waals surface area contributed by atoms with Gasteiger partial charge in [-0.1, -0.05) is 6.07 Å². The van der Waals surface area contributed by atoms with Crippen LogP contribution in [-0.4, -0.2) is 60.7 Å². The summed E-state index contributed by atoms with van der Waals surface area (Å²) in [5.41, 5.74) is 2.33. The fourth-order valence-electron chi connectivity index (χ4n) is 2.62. The standard InChI is InChI=1S/C18H26N2O4/c1-5-23-18(22)20-10-8-19(9-11-20)17(21)15(4)24-16-7-6-13(2)14(3)12-16/h6-7,12,15H,5,8-11H2,1-4H3/t15-/m0/s1. The van der Waals surface area contributed by atoms with Crippen LogP contribution in [0.1, 0.15) is 25.0 Å². The lowest BCUT2D eigenvalue weighted by Crippen LogP contribution is -2.53. The van der Waals surface area contributed by atoms with E-state index in [2.05, 4.69) is 0 Å². The summed E-state index contributed by atoms with van der Waals surface area (Å²) in [7, 11) is 0. The first-order valence-corrected chi connectivity index (χ1v) is 8.36. The Kier molecular flexibility index (Phi) is 6.06. The molecule has 1 aromatic carbocycles. The third kappa shape index (κ3) is 4.40. The highest BCUT2D eigenvalue weighted by Gasteiger charge is 2.28. The SMILES string of the molecule is CCOC(=O)N1CCN(C(=O)[C@H](C)Oc2ccc(C)c(C)c2)CC1.